The zero-order chi connectivity index (χ0) is 14.3. The van der Waals surface area contributed by atoms with Crippen LogP contribution in [0.1, 0.15) is 71.5 Å². The zero-order valence-electron chi connectivity index (χ0n) is 13.2. The molecule has 1 aromatic heterocycles. The molecular weight excluding hydrogens is 252 g/mol. The number of aromatic nitrogens is 1. The van der Waals surface area contributed by atoms with Crippen LogP contribution in [0.3, 0.4) is 0 Å². The molecule has 3 heteroatoms. The van der Waals surface area contributed by atoms with E-state index in [9.17, 15) is 0 Å². The quantitative estimate of drug-likeness (QED) is 0.884. The molecule has 2 atom stereocenters. The molecule has 1 aliphatic carbocycles. The van der Waals surface area contributed by atoms with E-state index in [4.69, 9.17) is 4.98 Å². The summed E-state index contributed by atoms with van der Waals surface area (Å²) < 4.78 is 0. The van der Waals surface area contributed by atoms with Crippen LogP contribution in [-0.2, 0) is 11.0 Å². The van der Waals surface area contributed by atoms with E-state index in [-0.39, 0.29) is 11.0 Å². The maximum absolute atomic E-state index is 4.98. The minimum atomic E-state index is 0.127. The molecule has 108 valence electrons. The van der Waals surface area contributed by atoms with Crippen molar-refractivity contribution in [3.63, 3.8) is 0 Å². The van der Waals surface area contributed by atoms with Gasteiger partial charge in [0.1, 0.15) is 5.01 Å². The van der Waals surface area contributed by atoms with Gasteiger partial charge >= 0.3 is 0 Å². The molecule has 19 heavy (non-hydrogen) atoms. The number of thiazole rings is 1. The second-order valence-corrected chi connectivity index (χ2v) is 8.38. The van der Waals surface area contributed by atoms with E-state index in [0.29, 0.717) is 6.04 Å². The largest absolute Gasteiger partial charge is 0.303 e. The number of nitrogens with zero attached hydrogens (tertiary/aromatic N) is 1. The van der Waals surface area contributed by atoms with Crippen LogP contribution in [0.2, 0.25) is 0 Å². The normalized spacial score (nSPS) is 28.3. The Balaban J connectivity index is 2.31. The first kappa shape index (κ1) is 15.0. The van der Waals surface area contributed by atoms with Crippen molar-refractivity contribution in [2.45, 2.75) is 77.8 Å². The second kappa shape index (κ2) is 5.17. The van der Waals surface area contributed by atoms with Gasteiger partial charge in [0.15, 0.2) is 0 Å². The highest BCUT2D eigenvalue weighted by atomic mass is 32.1. The minimum absolute atomic E-state index is 0.127. The number of hydrogen-bond acceptors (Lipinski definition) is 3. The van der Waals surface area contributed by atoms with E-state index in [1.807, 2.05) is 11.3 Å². The number of hydrogen-bond donors (Lipinski definition) is 1. The van der Waals surface area contributed by atoms with Crippen molar-refractivity contribution in [3.05, 3.63) is 16.1 Å². The van der Waals surface area contributed by atoms with E-state index in [0.717, 1.165) is 5.92 Å². The SMILES string of the molecule is CC1CCC(NC(C)C)(c2nc(C(C)(C)C)cs2)C1. The van der Waals surface area contributed by atoms with Gasteiger partial charge in [-0.05, 0) is 39.0 Å². The summed E-state index contributed by atoms with van der Waals surface area (Å²) in [6.07, 6.45) is 3.76. The molecular formula is C16H28N2S. The van der Waals surface area contributed by atoms with Crippen LogP contribution in [0.4, 0.5) is 0 Å². The lowest BCUT2D eigenvalue weighted by Crippen LogP contribution is -2.44. The van der Waals surface area contributed by atoms with Gasteiger partial charge in [0.05, 0.1) is 11.2 Å². The van der Waals surface area contributed by atoms with Crippen LogP contribution >= 0.6 is 11.3 Å². The first-order chi connectivity index (χ1) is 8.73. The highest BCUT2D eigenvalue weighted by Crippen LogP contribution is 2.44. The molecule has 1 N–H and O–H groups in total. The molecule has 1 aromatic rings. The van der Waals surface area contributed by atoms with Crippen molar-refractivity contribution >= 4 is 11.3 Å². The summed E-state index contributed by atoms with van der Waals surface area (Å²) in [5.74, 6) is 0.799. The Hall–Kier alpha value is -0.410. The molecule has 1 saturated carbocycles. The molecule has 2 rings (SSSR count). The molecule has 0 saturated heterocycles. The number of nitrogens with one attached hydrogen (secondary N) is 1. The van der Waals surface area contributed by atoms with E-state index >= 15 is 0 Å². The highest BCUT2D eigenvalue weighted by molar-refractivity contribution is 7.09. The van der Waals surface area contributed by atoms with E-state index in [1.54, 1.807) is 0 Å². The lowest BCUT2D eigenvalue weighted by Gasteiger charge is -2.31. The molecule has 1 aliphatic rings. The van der Waals surface area contributed by atoms with Gasteiger partial charge in [0.2, 0.25) is 0 Å². The smallest absolute Gasteiger partial charge is 0.113 e. The van der Waals surface area contributed by atoms with Gasteiger partial charge in [-0.25, -0.2) is 4.98 Å². The molecule has 0 amide bonds. The molecule has 1 fully saturated rings. The van der Waals surface area contributed by atoms with Crippen molar-refractivity contribution in [1.82, 2.24) is 10.3 Å². The van der Waals surface area contributed by atoms with Gasteiger partial charge in [-0.2, -0.15) is 0 Å². The van der Waals surface area contributed by atoms with Crippen LogP contribution < -0.4 is 5.32 Å². The van der Waals surface area contributed by atoms with Crippen LogP contribution in [0, 0.1) is 5.92 Å². The maximum Gasteiger partial charge on any atom is 0.113 e. The van der Waals surface area contributed by atoms with Crippen LogP contribution in [0.15, 0.2) is 5.38 Å². The second-order valence-electron chi connectivity index (χ2n) is 7.52. The van der Waals surface area contributed by atoms with Gasteiger partial charge in [-0.3, -0.25) is 0 Å². The van der Waals surface area contributed by atoms with Gasteiger partial charge in [-0.1, -0.05) is 27.7 Å². The lowest BCUT2D eigenvalue weighted by molar-refractivity contribution is 0.301. The molecule has 0 radical (unpaired) electrons. The monoisotopic (exact) mass is 280 g/mol. The average Bonchev–Trinajstić information content (AvgIpc) is 2.83. The van der Waals surface area contributed by atoms with E-state index in [2.05, 4.69) is 52.2 Å². The number of rotatable bonds is 3. The average molecular weight is 280 g/mol. The fraction of sp³-hybridized carbons (Fsp3) is 0.812. The summed E-state index contributed by atoms with van der Waals surface area (Å²) in [7, 11) is 0. The minimum Gasteiger partial charge on any atom is -0.303 e. The first-order valence-electron chi connectivity index (χ1n) is 7.47. The van der Waals surface area contributed by atoms with Crippen molar-refractivity contribution < 1.29 is 0 Å². The van der Waals surface area contributed by atoms with Crippen molar-refractivity contribution in [3.8, 4) is 0 Å². The Kier molecular flexibility index (Phi) is 4.08. The van der Waals surface area contributed by atoms with Crippen molar-refractivity contribution in [2.75, 3.05) is 0 Å². The molecule has 0 aliphatic heterocycles. The molecule has 1 heterocycles. The van der Waals surface area contributed by atoms with Gasteiger partial charge < -0.3 is 5.32 Å². The van der Waals surface area contributed by atoms with E-state index in [1.165, 1.54) is 30.0 Å². The molecule has 0 spiro atoms. The lowest BCUT2D eigenvalue weighted by atomic mass is 9.92. The Morgan fingerprint density at radius 3 is 2.53 bits per heavy atom. The summed E-state index contributed by atoms with van der Waals surface area (Å²) in [5.41, 5.74) is 1.51. The Labute approximate surface area is 122 Å². The summed E-state index contributed by atoms with van der Waals surface area (Å²) in [5, 5.41) is 7.37. The Bertz CT molecular complexity index is 430. The summed E-state index contributed by atoms with van der Waals surface area (Å²) in [4.78, 5) is 4.98. The van der Waals surface area contributed by atoms with Crippen LogP contribution in [-0.4, -0.2) is 11.0 Å². The van der Waals surface area contributed by atoms with Crippen LogP contribution in [0.5, 0.6) is 0 Å². The standard InChI is InChI=1S/C16H28N2S/c1-11(2)18-16(8-7-12(3)9-16)14-17-13(10-19-14)15(4,5)6/h10-12,18H,7-9H2,1-6H3. The Morgan fingerprint density at radius 1 is 1.42 bits per heavy atom. The summed E-state index contributed by atoms with van der Waals surface area (Å²) in [6, 6.07) is 0.507. The highest BCUT2D eigenvalue weighted by Gasteiger charge is 2.41. The molecule has 0 bridgehead atoms. The summed E-state index contributed by atoms with van der Waals surface area (Å²) >= 11 is 1.84. The van der Waals surface area contributed by atoms with Crippen molar-refractivity contribution in [1.29, 1.82) is 0 Å². The fourth-order valence-electron chi connectivity index (χ4n) is 3.07. The maximum atomic E-state index is 4.98. The Morgan fingerprint density at radius 2 is 2.11 bits per heavy atom. The predicted octanol–water partition coefficient (Wildman–Crippen LogP) is 4.45. The molecule has 2 unspecified atom stereocenters. The topological polar surface area (TPSA) is 24.9 Å². The predicted molar refractivity (Wildman–Crippen MR) is 83.8 cm³/mol. The van der Waals surface area contributed by atoms with Crippen LogP contribution in [0.25, 0.3) is 0 Å². The molecule has 0 aromatic carbocycles. The molecule has 2 nitrogen and oxygen atoms in total. The van der Waals surface area contributed by atoms with Gasteiger partial charge in [-0.15, -0.1) is 11.3 Å². The third-order valence-electron chi connectivity index (χ3n) is 4.01. The zero-order valence-corrected chi connectivity index (χ0v) is 14.0. The third-order valence-corrected chi connectivity index (χ3v) is 5.05. The van der Waals surface area contributed by atoms with E-state index < -0.39 is 0 Å². The van der Waals surface area contributed by atoms with Crippen molar-refractivity contribution in [2.24, 2.45) is 5.92 Å². The fourth-order valence-corrected chi connectivity index (χ4v) is 4.32. The van der Waals surface area contributed by atoms with Gasteiger partial charge in [0.25, 0.3) is 0 Å². The van der Waals surface area contributed by atoms with Gasteiger partial charge in [0, 0.05) is 16.8 Å². The third kappa shape index (κ3) is 3.19. The first-order valence-corrected chi connectivity index (χ1v) is 8.35. The summed E-state index contributed by atoms with van der Waals surface area (Å²) in [6.45, 7) is 13.6.